The van der Waals surface area contributed by atoms with Gasteiger partial charge < -0.3 is 5.32 Å². The van der Waals surface area contributed by atoms with Crippen LogP contribution in [0.3, 0.4) is 0 Å². The van der Waals surface area contributed by atoms with Crippen molar-refractivity contribution in [1.29, 1.82) is 0 Å². The van der Waals surface area contributed by atoms with Gasteiger partial charge in [-0.15, -0.1) is 0 Å². The predicted molar refractivity (Wildman–Crippen MR) is 86.6 cm³/mol. The molecule has 0 aromatic rings. The van der Waals surface area contributed by atoms with Crippen molar-refractivity contribution >= 4 is 0 Å². The molecule has 1 saturated heterocycles. The minimum atomic E-state index is 0.852. The fourth-order valence-corrected chi connectivity index (χ4v) is 4.51. The summed E-state index contributed by atoms with van der Waals surface area (Å²) in [7, 11) is 0. The maximum absolute atomic E-state index is 3.48. The van der Waals surface area contributed by atoms with Gasteiger partial charge >= 0.3 is 0 Å². The molecule has 0 spiro atoms. The van der Waals surface area contributed by atoms with Crippen LogP contribution in [0.4, 0.5) is 0 Å². The summed E-state index contributed by atoms with van der Waals surface area (Å²) < 4.78 is 0. The summed E-state index contributed by atoms with van der Waals surface area (Å²) in [6, 6.07) is 0. The van der Waals surface area contributed by atoms with Crippen molar-refractivity contribution in [3.05, 3.63) is 11.6 Å². The van der Waals surface area contributed by atoms with Gasteiger partial charge in [0.2, 0.25) is 0 Å². The normalized spacial score (nSPS) is 39.5. The van der Waals surface area contributed by atoms with Gasteiger partial charge in [-0.3, -0.25) is 0 Å². The zero-order valence-corrected chi connectivity index (χ0v) is 13.7. The first-order valence-electron chi connectivity index (χ1n) is 9.06. The third-order valence-corrected chi connectivity index (χ3v) is 6.27. The highest BCUT2D eigenvalue weighted by Gasteiger charge is 2.38. The van der Waals surface area contributed by atoms with Crippen LogP contribution < -0.4 is 5.32 Å². The lowest BCUT2D eigenvalue weighted by molar-refractivity contribution is 0.213. The van der Waals surface area contributed by atoms with Crippen LogP contribution in [0.25, 0.3) is 0 Å². The summed E-state index contributed by atoms with van der Waals surface area (Å²) >= 11 is 0. The van der Waals surface area contributed by atoms with Gasteiger partial charge in [-0.25, -0.2) is 0 Å². The van der Waals surface area contributed by atoms with Crippen molar-refractivity contribution in [1.82, 2.24) is 5.32 Å². The zero-order chi connectivity index (χ0) is 14.1. The molecule has 1 N–H and O–H groups in total. The van der Waals surface area contributed by atoms with E-state index < -0.39 is 0 Å². The maximum atomic E-state index is 3.48. The second-order valence-electron chi connectivity index (χ2n) is 8.17. The first-order chi connectivity index (χ1) is 9.65. The summed E-state index contributed by atoms with van der Waals surface area (Å²) in [6.45, 7) is 9.92. The van der Waals surface area contributed by atoms with Gasteiger partial charge in [0.15, 0.2) is 0 Å². The molecule has 4 atom stereocenters. The number of hydrogen-bond donors (Lipinski definition) is 1. The van der Waals surface area contributed by atoms with Gasteiger partial charge in [-0.05, 0) is 61.9 Å². The second kappa shape index (κ2) is 6.22. The van der Waals surface area contributed by atoms with Crippen LogP contribution in [0, 0.1) is 35.5 Å². The van der Waals surface area contributed by atoms with Gasteiger partial charge in [-0.1, -0.05) is 51.7 Å². The highest BCUT2D eigenvalue weighted by Crippen LogP contribution is 2.47. The van der Waals surface area contributed by atoms with E-state index in [9.17, 15) is 0 Å². The zero-order valence-electron chi connectivity index (χ0n) is 13.7. The Balaban J connectivity index is 1.65. The smallest absolute Gasteiger partial charge is 0.00107 e. The number of rotatable bonds is 2. The molecule has 0 aromatic carbocycles. The Morgan fingerprint density at radius 3 is 2.50 bits per heavy atom. The van der Waals surface area contributed by atoms with Crippen molar-refractivity contribution < 1.29 is 0 Å². The van der Waals surface area contributed by atoms with Crippen LogP contribution >= 0.6 is 0 Å². The molecule has 0 amide bonds. The summed E-state index contributed by atoms with van der Waals surface area (Å²) in [6.07, 6.45) is 11.4. The molecule has 0 bridgehead atoms. The van der Waals surface area contributed by atoms with Crippen molar-refractivity contribution in [3.63, 3.8) is 0 Å². The van der Waals surface area contributed by atoms with Crippen LogP contribution in [-0.4, -0.2) is 13.1 Å². The summed E-state index contributed by atoms with van der Waals surface area (Å²) in [4.78, 5) is 0. The molecule has 0 aromatic heterocycles. The first-order valence-corrected chi connectivity index (χ1v) is 9.06. The van der Waals surface area contributed by atoms with Gasteiger partial charge in [0.05, 0.1) is 0 Å². The van der Waals surface area contributed by atoms with Crippen molar-refractivity contribution in [2.45, 2.75) is 59.3 Å². The van der Waals surface area contributed by atoms with E-state index in [0.29, 0.717) is 0 Å². The minimum absolute atomic E-state index is 0.852. The molecule has 1 nitrogen and oxygen atoms in total. The SMILES string of the molecule is CC1CCCC(C2CNC2)CC2=C[C@@H]2C(C(C)C)CC1. The van der Waals surface area contributed by atoms with Gasteiger partial charge in [0, 0.05) is 5.92 Å². The topological polar surface area (TPSA) is 12.0 Å². The van der Waals surface area contributed by atoms with E-state index >= 15 is 0 Å². The standard InChI is InChI=1S/C19H33N/c1-13(2)18-8-7-14(3)5-4-6-15(17-11-20-12-17)9-16-10-19(16)18/h10,13-15,17-20H,4-9,11-12H2,1-3H3/t14?,15?,18?,19-/m0/s1. The first kappa shape index (κ1) is 14.6. The van der Waals surface area contributed by atoms with E-state index in [-0.39, 0.29) is 0 Å². The number of hydrogen-bond acceptors (Lipinski definition) is 1. The number of nitrogens with one attached hydrogen (secondary N) is 1. The van der Waals surface area contributed by atoms with Crippen molar-refractivity contribution in [2.75, 3.05) is 13.1 Å². The lowest BCUT2D eigenvalue weighted by Crippen LogP contribution is -2.46. The lowest BCUT2D eigenvalue weighted by atomic mass is 9.79. The van der Waals surface area contributed by atoms with E-state index in [1.165, 1.54) is 51.6 Å². The van der Waals surface area contributed by atoms with Gasteiger partial charge in [0.25, 0.3) is 0 Å². The Bertz CT molecular complexity index is 353. The fourth-order valence-electron chi connectivity index (χ4n) is 4.51. The van der Waals surface area contributed by atoms with Crippen LogP contribution in [0.1, 0.15) is 59.3 Å². The molecule has 2 fully saturated rings. The minimum Gasteiger partial charge on any atom is -0.316 e. The van der Waals surface area contributed by atoms with E-state index in [0.717, 1.165) is 35.5 Å². The van der Waals surface area contributed by atoms with Gasteiger partial charge in [-0.2, -0.15) is 0 Å². The molecule has 1 heteroatoms. The molecule has 0 radical (unpaired) electrons. The largest absolute Gasteiger partial charge is 0.316 e. The van der Waals surface area contributed by atoms with Crippen molar-refractivity contribution in [2.24, 2.45) is 35.5 Å². The Morgan fingerprint density at radius 2 is 1.85 bits per heavy atom. The molecule has 1 heterocycles. The summed E-state index contributed by atoms with van der Waals surface area (Å²) in [5, 5.41) is 3.48. The highest BCUT2D eigenvalue weighted by molar-refractivity contribution is 5.31. The highest BCUT2D eigenvalue weighted by atomic mass is 14.9. The van der Waals surface area contributed by atoms with Crippen LogP contribution in [0.2, 0.25) is 0 Å². The maximum Gasteiger partial charge on any atom is 0.00107 e. The van der Waals surface area contributed by atoms with Crippen LogP contribution in [0.15, 0.2) is 11.6 Å². The molecule has 3 aliphatic rings. The molecule has 3 unspecified atom stereocenters. The Hall–Kier alpha value is -0.300. The Kier molecular flexibility index (Phi) is 4.55. The summed E-state index contributed by atoms with van der Waals surface area (Å²) in [5.74, 6) is 5.57. The number of allylic oxidation sites excluding steroid dienone is 2. The Morgan fingerprint density at radius 1 is 1.05 bits per heavy atom. The van der Waals surface area contributed by atoms with Gasteiger partial charge in [0.1, 0.15) is 0 Å². The van der Waals surface area contributed by atoms with E-state index in [1.807, 2.05) is 5.57 Å². The van der Waals surface area contributed by atoms with E-state index in [4.69, 9.17) is 0 Å². The molecular formula is C19H33N. The third-order valence-electron chi connectivity index (χ3n) is 6.27. The quantitative estimate of drug-likeness (QED) is 0.724. The summed E-state index contributed by atoms with van der Waals surface area (Å²) in [5.41, 5.74) is 1.83. The van der Waals surface area contributed by atoms with Crippen LogP contribution in [-0.2, 0) is 0 Å². The van der Waals surface area contributed by atoms with Crippen LogP contribution in [0.5, 0.6) is 0 Å². The van der Waals surface area contributed by atoms with Crippen molar-refractivity contribution in [3.8, 4) is 0 Å². The molecule has 2 aliphatic carbocycles. The predicted octanol–water partition coefficient (Wildman–Crippen LogP) is 4.64. The van der Waals surface area contributed by atoms with E-state index in [2.05, 4.69) is 32.2 Å². The molecule has 20 heavy (non-hydrogen) atoms. The number of fused-ring (bicyclic) bond motifs is 1. The fraction of sp³-hybridized carbons (Fsp3) is 0.895. The molecule has 3 rings (SSSR count). The molecule has 1 saturated carbocycles. The Labute approximate surface area is 125 Å². The lowest BCUT2D eigenvalue weighted by Gasteiger charge is -2.35. The molecular weight excluding hydrogens is 242 g/mol. The third kappa shape index (κ3) is 3.30. The molecule has 114 valence electrons. The average molecular weight is 275 g/mol. The average Bonchev–Trinajstić information content (AvgIpc) is 3.04. The monoisotopic (exact) mass is 275 g/mol. The second-order valence-corrected chi connectivity index (χ2v) is 8.17. The van der Waals surface area contributed by atoms with E-state index in [1.54, 1.807) is 0 Å². The molecule has 1 aliphatic heterocycles.